The predicted molar refractivity (Wildman–Crippen MR) is 247 cm³/mol. The average molecular weight is 970 g/mol. The number of amides is 10. The molecule has 1 aliphatic rings. The van der Waals surface area contributed by atoms with Crippen molar-refractivity contribution in [3.63, 3.8) is 0 Å². The Morgan fingerprint density at radius 1 is 0.768 bits per heavy atom. The van der Waals surface area contributed by atoms with Gasteiger partial charge in [-0.05, 0) is 62.1 Å². The second-order valence-electron chi connectivity index (χ2n) is 18.0. The van der Waals surface area contributed by atoms with Crippen LogP contribution in [0.25, 0.3) is 0 Å². The lowest BCUT2D eigenvalue weighted by Crippen LogP contribution is -2.60. The average Bonchev–Trinajstić information content (AvgIpc) is 3.25. The van der Waals surface area contributed by atoms with Crippen LogP contribution in [0.2, 0.25) is 0 Å². The van der Waals surface area contributed by atoms with Gasteiger partial charge in [0.1, 0.15) is 35.5 Å². The van der Waals surface area contributed by atoms with Crippen LogP contribution in [-0.4, -0.2) is 124 Å². The summed E-state index contributed by atoms with van der Waals surface area (Å²) in [7, 11) is 0. The van der Waals surface area contributed by atoms with Gasteiger partial charge in [0, 0.05) is 32.1 Å². The second-order valence-corrected chi connectivity index (χ2v) is 18.0. The van der Waals surface area contributed by atoms with Gasteiger partial charge in [-0.2, -0.15) is 0 Å². The Balaban J connectivity index is 2.57. The zero-order valence-electron chi connectivity index (χ0n) is 39.8. The number of phenols is 1. The monoisotopic (exact) mass is 969 g/mol. The van der Waals surface area contributed by atoms with Crippen molar-refractivity contribution in [3.8, 4) is 5.75 Å². The summed E-state index contributed by atoms with van der Waals surface area (Å²) in [6, 6.07) is -2.06. The minimum atomic E-state index is -1.80. The van der Waals surface area contributed by atoms with Crippen LogP contribution in [0, 0.1) is 23.2 Å². The van der Waals surface area contributed by atoms with Crippen molar-refractivity contribution in [3.05, 3.63) is 29.8 Å². The van der Waals surface area contributed by atoms with E-state index in [1.54, 1.807) is 27.7 Å². The molecule has 1 saturated heterocycles. The van der Waals surface area contributed by atoms with Crippen LogP contribution in [0.15, 0.2) is 24.3 Å². The third kappa shape index (κ3) is 19.8. The number of primary amides is 3. The van der Waals surface area contributed by atoms with Crippen LogP contribution < -0.4 is 54.4 Å². The lowest BCUT2D eigenvalue weighted by Gasteiger charge is -2.29. The molecule has 0 aromatic heterocycles. The molecule has 1 fully saturated rings. The Kier molecular flexibility index (Phi) is 22.6. The predicted octanol–water partition coefficient (Wildman–Crippen LogP) is -2.56. The fraction of sp³-hybridized carbons (Fsp3) is 0.578. The first-order chi connectivity index (χ1) is 32.1. The first-order valence-corrected chi connectivity index (χ1v) is 22.5. The molecule has 0 bridgehead atoms. The van der Waals surface area contributed by atoms with Crippen molar-refractivity contribution in [1.29, 1.82) is 5.41 Å². The van der Waals surface area contributed by atoms with Crippen molar-refractivity contribution in [2.24, 2.45) is 35.0 Å². The summed E-state index contributed by atoms with van der Waals surface area (Å²) in [5.74, 6) is -12.4. The van der Waals surface area contributed by atoms with Crippen molar-refractivity contribution in [2.75, 3.05) is 6.54 Å². The molecule has 1 aromatic rings. The van der Waals surface area contributed by atoms with Gasteiger partial charge in [-0.3, -0.25) is 57.5 Å². The number of carbonyl (C=O) groups is 12. The summed E-state index contributed by atoms with van der Waals surface area (Å²) < 4.78 is 0. The molecule has 24 heteroatoms. The van der Waals surface area contributed by atoms with E-state index in [1.165, 1.54) is 38.1 Å². The molecular formula is C45H67N11O13. The highest BCUT2D eigenvalue weighted by Crippen LogP contribution is 2.22. The number of benzene rings is 1. The number of Topliss-reactive ketones (excluding diaryl/α,β-unsaturated/α-hetero) is 2. The van der Waals surface area contributed by atoms with Gasteiger partial charge in [0.2, 0.25) is 59.1 Å². The molecule has 10 amide bonds. The molecule has 69 heavy (non-hydrogen) atoms. The summed E-state index contributed by atoms with van der Waals surface area (Å²) in [6.45, 7) is 8.96. The number of nitrogens with one attached hydrogen (secondary N) is 8. The van der Waals surface area contributed by atoms with E-state index in [9.17, 15) is 62.6 Å². The molecule has 8 unspecified atom stereocenters. The molecule has 0 radical (unpaired) electrons. The van der Waals surface area contributed by atoms with E-state index in [0.29, 0.717) is 12.0 Å². The molecule has 1 heterocycles. The van der Waals surface area contributed by atoms with Gasteiger partial charge in [0.15, 0.2) is 11.6 Å². The van der Waals surface area contributed by atoms with Gasteiger partial charge < -0.3 is 64.9 Å². The van der Waals surface area contributed by atoms with Crippen LogP contribution in [0.3, 0.4) is 0 Å². The third-order valence-electron chi connectivity index (χ3n) is 11.7. The molecule has 0 saturated carbocycles. The first-order valence-electron chi connectivity index (χ1n) is 22.5. The lowest BCUT2D eigenvalue weighted by atomic mass is 9.86. The topological polar surface area (TPSA) is 411 Å². The van der Waals surface area contributed by atoms with E-state index >= 15 is 0 Å². The van der Waals surface area contributed by atoms with Gasteiger partial charge >= 0.3 is 0 Å². The Morgan fingerprint density at radius 3 is 1.93 bits per heavy atom. The van der Waals surface area contributed by atoms with Crippen molar-refractivity contribution in [2.45, 2.75) is 141 Å². The molecule has 15 N–H and O–H groups in total. The fourth-order valence-electron chi connectivity index (χ4n) is 7.05. The normalized spacial score (nSPS) is 21.7. The highest BCUT2D eigenvalue weighted by atomic mass is 16.3. The van der Waals surface area contributed by atoms with Crippen LogP contribution in [0.4, 0.5) is 0 Å². The highest BCUT2D eigenvalue weighted by molar-refractivity contribution is 6.41. The summed E-state index contributed by atoms with van der Waals surface area (Å²) in [6.07, 6.45) is -3.94. The molecule has 24 nitrogen and oxygen atoms in total. The molecule has 380 valence electrons. The van der Waals surface area contributed by atoms with Gasteiger partial charge in [0.05, 0.1) is 31.1 Å². The molecule has 0 aliphatic carbocycles. The minimum absolute atomic E-state index is 0.0824. The maximum absolute atomic E-state index is 14.0. The molecule has 1 aromatic carbocycles. The molecule has 8 atom stereocenters. The molecule has 0 spiro atoms. The molecular weight excluding hydrogens is 903 g/mol. The second kappa shape index (κ2) is 26.9. The van der Waals surface area contributed by atoms with Crippen LogP contribution in [0.1, 0.15) is 105 Å². The number of hydrogen-bond donors (Lipinski definition) is 12. The number of ketones is 2. The molecule has 2 rings (SSSR count). The minimum Gasteiger partial charge on any atom is -0.508 e. The summed E-state index contributed by atoms with van der Waals surface area (Å²) >= 11 is 0. The Hall–Kier alpha value is -7.27. The fourth-order valence-corrected chi connectivity index (χ4v) is 7.05. The van der Waals surface area contributed by atoms with E-state index in [1.807, 2.05) is 0 Å². The van der Waals surface area contributed by atoms with Crippen LogP contribution >= 0.6 is 0 Å². The SMILES string of the molecule is CCC(C)C1NC(=O)C(Cc2ccc(O)cc2)NC(=O)CC(=N)C(=O)CCC(C(=O)CC(C)C(C)CC(=O)NC(C)(C)C(=O)NCC(N)=O)NC(=O)C(CC(N)=O)NC(=O)C(CCC(N)=O)NC1=O. The Bertz CT molecular complexity index is 2130. The van der Waals surface area contributed by atoms with E-state index in [-0.39, 0.29) is 25.0 Å². The van der Waals surface area contributed by atoms with Crippen molar-refractivity contribution in [1.82, 2.24) is 37.2 Å². The highest BCUT2D eigenvalue weighted by Gasteiger charge is 2.36. The van der Waals surface area contributed by atoms with Gasteiger partial charge in [-0.25, -0.2) is 0 Å². The third-order valence-corrected chi connectivity index (χ3v) is 11.7. The molecule has 1 aliphatic heterocycles. The van der Waals surface area contributed by atoms with Crippen LogP contribution in [0.5, 0.6) is 5.75 Å². The number of carbonyl (C=O) groups excluding carboxylic acids is 12. The first kappa shape index (κ1) is 57.9. The van der Waals surface area contributed by atoms with Gasteiger partial charge in [-0.1, -0.05) is 46.2 Å². The quantitative estimate of drug-likeness (QED) is 0.0680. The van der Waals surface area contributed by atoms with E-state index in [2.05, 4.69) is 37.2 Å². The summed E-state index contributed by atoms with van der Waals surface area (Å²) in [4.78, 5) is 158. The largest absolute Gasteiger partial charge is 0.508 e. The van der Waals surface area contributed by atoms with Gasteiger partial charge in [0.25, 0.3) is 0 Å². The number of hydrogen-bond acceptors (Lipinski definition) is 14. The maximum Gasteiger partial charge on any atom is 0.245 e. The number of rotatable bonds is 19. The maximum atomic E-state index is 14.0. The van der Waals surface area contributed by atoms with E-state index in [0.717, 1.165) is 0 Å². The summed E-state index contributed by atoms with van der Waals surface area (Å²) in [5, 5.41) is 35.5. The summed E-state index contributed by atoms with van der Waals surface area (Å²) in [5.41, 5.74) is 14.2. The number of nitrogens with two attached hydrogens (primary N) is 3. The van der Waals surface area contributed by atoms with Crippen molar-refractivity contribution >= 4 is 76.3 Å². The number of aromatic hydroxyl groups is 1. The Labute approximate surface area is 399 Å². The Morgan fingerprint density at radius 2 is 1.35 bits per heavy atom. The van der Waals surface area contributed by atoms with Crippen LogP contribution in [-0.2, 0) is 64.0 Å². The zero-order chi connectivity index (χ0) is 52.3. The van der Waals surface area contributed by atoms with Crippen molar-refractivity contribution < 1.29 is 62.6 Å². The zero-order valence-corrected chi connectivity index (χ0v) is 39.8. The van der Waals surface area contributed by atoms with E-state index in [4.69, 9.17) is 22.6 Å². The smallest absolute Gasteiger partial charge is 0.245 e. The van der Waals surface area contributed by atoms with Gasteiger partial charge in [-0.15, -0.1) is 0 Å². The lowest BCUT2D eigenvalue weighted by molar-refractivity contribution is -0.136. The standard InChI is InChI=1S/C45H67N11O13/c1-7-22(2)39-43(68)53-29(13-15-34(47)60)40(65)54-31(20-35(48)61)41(66)52-28(33(59)16-23(3)24(4)17-38(64)56-45(5,6)44(69)50-21-36(49)62)12-14-32(58)27(46)19-37(63)51-30(42(67)55-39)18-25-8-10-26(57)11-9-25/h8-11,22-24,28-31,39,46,57H,7,12-21H2,1-6H3,(H2,47,60)(H2,48,61)(H2,49,62)(H,50,69)(H,51,63)(H,52,66)(H,53,68)(H,54,65)(H,55,67)(H,56,64). The van der Waals surface area contributed by atoms with E-state index < -0.39 is 175 Å². The number of phenolic OH excluding ortho intramolecular Hbond substituents is 1.